The highest BCUT2D eigenvalue weighted by Crippen LogP contribution is 2.28. The summed E-state index contributed by atoms with van der Waals surface area (Å²) in [5, 5.41) is 22.8. The molecule has 0 aromatic heterocycles. The fraction of sp³-hybridized carbons (Fsp3) is 0. The van der Waals surface area contributed by atoms with Gasteiger partial charge in [-0.15, -0.1) is 0 Å². The molecule has 38 heavy (non-hydrogen) atoms. The molecule has 0 aliphatic heterocycles. The Balaban J connectivity index is 1.22. The summed E-state index contributed by atoms with van der Waals surface area (Å²) in [4.78, 5) is 0. The van der Waals surface area contributed by atoms with Crippen LogP contribution in [0, 0.1) is 22.7 Å². The Kier molecular flexibility index (Phi) is 5.99. The number of hydrogen-bond acceptors (Lipinski definition) is 2. The van der Waals surface area contributed by atoms with E-state index in [1.807, 2.05) is 48.5 Å². The van der Waals surface area contributed by atoms with Crippen molar-refractivity contribution in [2.45, 2.75) is 0 Å². The maximum atomic E-state index is 9.03. The summed E-state index contributed by atoms with van der Waals surface area (Å²) in [6.45, 7) is 0. The zero-order valence-electron chi connectivity index (χ0n) is 20.6. The summed E-state index contributed by atoms with van der Waals surface area (Å²) in [5.41, 5.74) is 8.15. The first-order valence-electron chi connectivity index (χ1n) is 12.5. The molecule has 6 aromatic carbocycles. The van der Waals surface area contributed by atoms with Gasteiger partial charge in [-0.3, -0.25) is 0 Å². The molecule has 0 atom stereocenters. The van der Waals surface area contributed by atoms with Crippen LogP contribution in [0.25, 0.3) is 56.0 Å². The van der Waals surface area contributed by atoms with Gasteiger partial charge < -0.3 is 0 Å². The summed E-state index contributed by atoms with van der Waals surface area (Å²) in [7, 11) is 0. The van der Waals surface area contributed by atoms with Crippen LogP contribution in [-0.4, -0.2) is 0 Å². The monoisotopic (exact) mass is 482 g/mol. The quantitative estimate of drug-likeness (QED) is 0.235. The zero-order valence-corrected chi connectivity index (χ0v) is 20.6. The lowest BCUT2D eigenvalue weighted by Gasteiger charge is -2.06. The molecule has 0 saturated carbocycles. The molecule has 176 valence electrons. The van der Waals surface area contributed by atoms with E-state index in [2.05, 4.69) is 97.1 Å². The Hall–Kier alpha value is -5.44. The Morgan fingerprint density at radius 2 is 0.711 bits per heavy atom. The second-order valence-corrected chi connectivity index (χ2v) is 9.35. The van der Waals surface area contributed by atoms with E-state index in [0.717, 1.165) is 33.4 Å². The normalized spacial score (nSPS) is 11.0. The first-order valence-corrected chi connectivity index (χ1v) is 12.5. The fourth-order valence-corrected chi connectivity index (χ4v) is 4.76. The van der Waals surface area contributed by atoms with Gasteiger partial charge in [-0.25, -0.2) is 0 Å². The van der Waals surface area contributed by atoms with Gasteiger partial charge in [0.25, 0.3) is 0 Å². The average molecular weight is 483 g/mol. The number of nitriles is 2. The van der Waals surface area contributed by atoms with Gasteiger partial charge in [-0.05, 0) is 103 Å². The van der Waals surface area contributed by atoms with Crippen LogP contribution in [0.2, 0.25) is 0 Å². The molecule has 0 unspecified atom stereocenters. The minimum Gasteiger partial charge on any atom is -0.192 e. The van der Waals surface area contributed by atoms with Crippen LogP contribution < -0.4 is 0 Å². The lowest BCUT2D eigenvalue weighted by molar-refractivity contribution is 1.48. The molecule has 0 aliphatic carbocycles. The van der Waals surface area contributed by atoms with Crippen LogP contribution in [0.1, 0.15) is 22.3 Å². The molecule has 0 heterocycles. The Bertz CT molecular complexity index is 1770. The molecule has 0 aliphatic rings. The molecular formula is C36H22N2. The van der Waals surface area contributed by atoms with Crippen LogP contribution in [-0.2, 0) is 0 Å². The van der Waals surface area contributed by atoms with E-state index in [1.165, 1.54) is 21.5 Å². The van der Waals surface area contributed by atoms with Crippen LogP contribution in [0.4, 0.5) is 0 Å². The summed E-state index contributed by atoms with van der Waals surface area (Å²) in [5.74, 6) is 0. The van der Waals surface area contributed by atoms with Crippen molar-refractivity contribution in [2.24, 2.45) is 0 Å². The van der Waals surface area contributed by atoms with E-state index in [9.17, 15) is 0 Å². The van der Waals surface area contributed by atoms with Crippen molar-refractivity contribution in [1.29, 1.82) is 10.5 Å². The van der Waals surface area contributed by atoms with Gasteiger partial charge in [-0.2, -0.15) is 10.5 Å². The largest absolute Gasteiger partial charge is 0.192 e. The molecular weight excluding hydrogens is 460 g/mol. The summed E-state index contributed by atoms with van der Waals surface area (Å²) in [6, 6.07) is 45.7. The molecule has 6 aromatic rings. The predicted molar refractivity (Wildman–Crippen MR) is 157 cm³/mol. The lowest BCUT2D eigenvalue weighted by atomic mass is 9.98. The first-order chi connectivity index (χ1) is 18.7. The van der Waals surface area contributed by atoms with Gasteiger partial charge in [0.2, 0.25) is 0 Å². The highest BCUT2D eigenvalue weighted by atomic mass is 14.2. The van der Waals surface area contributed by atoms with E-state index < -0.39 is 0 Å². The zero-order chi connectivity index (χ0) is 25.9. The summed E-state index contributed by atoms with van der Waals surface area (Å²) in [6.07, 6.45) is 4.31. The minimum atomic E-state index is 0.672. The highest BCUT2D eigenvalue weighted by molar-refractivity contribution is 5.92. The number of rotatable bonds is 4. The smallest absolute Gasteiger partial charge is 0.0991 e. The Morgan fingerprint density at radius 3 is 1.11 bits per heavy atom. The van der Waals surface area contributed by atoms with Crippen molar-refractivity contribution in [3.63, 3.8) is 0 Å². The number of benzene rings is 6. The lowest BCUT2D eigenvalue weighted by Crippen LogP contribution is -1.82. The topological polar surface area (TPSA) is 47.6 Å². The molecule has 0 bridgehead atoms. The maximum Gasteiger partial charge on any atom is 0.0991 e. The van der Waals surface area contributed by atoms with Gasteiger partial charge in [0.05, 0.1) is 23.3 Å². The maximum absolute atomic E-state index is 9.03. The van der Waals surface area contributed by atoms with E-state index in [-0.39, 0.29) is 0 Å². The van der Waals surface area contributed by atoms with Gasteiger partial charge in [-0.1, -0.05) is 84.9 Å². The average Bonchev–Trinajstić information content (AvgIpc) is 2.99. The van der Waals surface area contributed by atoms with E-state index in [4.69, 9.17) is 10.5 Å². The van der Waals surface area contributed by atoms with Crippen molar-refractivity contribution < 1.29 is 0 Å². The molecule has 0 amide bonds. The van der Waals surface area contributed by atoms with Gasteiger partial charge in [0.1, 0.15) is 0 Å². The van der Waals surface area contributed by atoms with Gasteiger partial charge >= 0.3 is 0 Å². The van der Waals surface area contributed by atoms with Crippen molar-refractivity contribution in [3.05, 3.63) is 144 Å². The molecule has 6 rings (SSSR count). The standard InChI is InChI=1S/C36H22N2/c37-23-27-5-9-29(10-6-27)33-17-15-31-19-25(3-13-35(31)21-33)1-2-26-4-14-36-22-34(18-16-32(36)20-26)30-11-7-28(24-38)8-12-30/h1-22H/b2-1+. The summed E-state index contributed by atoms with van der Waals surface area (Å²) < 4.78 is 0. The second kappa shape index (κ2) is 9.90. The highest BCUT2D eigenvalue weighted by Gasteiger charge is 2.03. The Morgan fingerprint density at radius 1 is 0.368 bits per heavy atom. The fourth-order valence-electron chi connectivity index (χ4n) is 4.76. The minimum absolute atomic E-state index is 0.672. The van der Waals surface area contributed by atoms with Gasteiger partial charge in [0, 0.05) is 0 Å². The van der Waals surface area contributed by atoms with Crippen molar-refractivity contribution in [3.8, 4) is 34.4 Å². The molecule has 2 nitrogen and oxygen atoms in total. The first kappa shape index (κ1) is 23.0. The van der Waals surface area contributed by atoms with Crippen molar-refractivity contribution in [2.75, 3.05) is 0 Å². The Labute approximate surface area is 222 Å². The molecule has 0 fully saturated rings. The number of fused-ring (bicyclic) bond motifs is 2. The van der Waals surface area contributed by atoms with Gasteiger partial charge in [0.15, 0.2) is 0 Å². The van der Waals surface area contributed by atoms with Crippen LogP contribution in [0.5, 0.6) is 0 Å². The molecule has 0 saturated heterocycles. The molecule has 0 spiro atoms. The molecule has 0 radical (unpaired) electrons. The van der Waals surface area contributed by atoms with E-state index in [1.54, 1.807) is 0 Å². The van der Waals surface area contributed by atoms with Crippen molar-refractivity contribution in [1.82, 2.24) is 0 Å². The summed E-state index contributed by atoms with van der Waals surface area (Å²) >= 11 is 0. The SMILES string of the molecule is N#Cc1ccc(-c2ccc3cc(/C=C/c4ccc5cc(-c6ccc(C#N)cc6)ccc5c4)ccc3c2)cc1. The van der Waals surface area contributed by atoms with Crippen molar-refractivity contribution >= 4 is 33.7 Å². The second-order valence-electron chi connectivity index (χ2n) is 9.35. The predicted octanol–water partition coefficient (Wildman–Crippen LogP) is 9.24. The van der Waals surface area contributed by atoms with E-state index >= 15 is 0 Å². The van der Waals surface area contributed by atoms with Crippen LogP contribution >= 0.6 is 0 Å². The third-order valence-electron chi connectivity index (χ3n) is 6.89. The third-order valence-corrected chi connectivity index (χ3v) is 6.89. The van der Waals surface area contributed by atoms with Crippen LogP contribution in [0.3, 0.4) is 0 Å². The molecule has 0 N–H and O–H groups in total. The van der Waals surface area contributed by atoms with E-state index in [0.29, 0.717) is 11.1 Å². The van der Waals surface area contributed by atoms with Crippen LogP contribution in [0.15, 0.2) is 121 Å². The third kappa shape index (κ3) is 4.68. The number of nitrogens with zero attached hydrogens (tertiary/aromatic N) is 2. The number of hydrogen-bond donors (Lipinski definition) is 0. The molecule has 2 heteroatoms.